The Labute approximate surface area is 297 Å². The summed E-state index contributed by atoms with van der Waals surface area (Å²) in [6.07, 6.45) is 0. The molecule has 0 amide bonds. The van der Waals surface area contributed by atoms with Crippen LogP contribution in [-0.4, -0.2) is 0 Å². The zero-order chi connectivity index (χ0) is 34.1. The second kappa shape index (κ2) is 11.3. The summed E-state index contributed by atoms with van der Waals surface area (Å²) in [6.45, 7) is 4.68. The van der Waals surface area contributed by atoms with Crippen LogP contribution in [0.2, 0.25) is 0 Å². The van der Waals surface area contributed by atoms with Crippen molar-refractivity contribution < 1.29 is 4.42 Å². The van der Waals surface area contributed by atoms with Crippen LogP contribution in [0.3, 0.4) is 0 Å². The van der Waals surface area contributed by atoms with Crippen LogP contribution in [0.25, 0.3) is 66.1 Å². The van der Waals surface area contributed by atoms with Crippen molar-refractivity contribution in [3.05, 3.63) is 187 Å². The average Bonchev–Trinajstić information content (AvgIpc) is 3.68. The van der Waals surface area contributed by atoms with Crippen molar-refractivity contribution >= 4 is 49.8 Å². The number of hydrogen-bond donors (Lipinski definition) is 0. The second-order valence-electron chi connectivity index (χ2n) is 14.1. The van der Waals surface area contributed by atoms with E-state index in [9.17, 15) is 0 Å². The van der Waals surface area contributed by atoms with Crippen LogP contribution in [0.5, 0.6) is 0 Å². The molecule has 0 unspecified atom stereocenters. The standard InChI is InChI=1S/C49H35NO/c1-49(2)42-18-10-8-16-40(42)46-43(49)31-44(47-41-17-9-11-19-45(41)51-48(46)47)50(38-26-22-34(23-27-38)32-12-4-3-5-13-32)39-28-24-35(25-29-39)37-21-20-33-14-6-7-15-36(33)30-37/h3-31H,1-2H3. The number of nitrogens with zero attached hydrogens (tertiary/aromatic N) is 1. The third-order valence-corrected chi connectivity index (χ3v) is 10.9. The fourth-order valence-electron chi connectivity index (χ4n) is 8.24. The van der Waals surface area contributed by atoms with Gasteiger partial charge in [0.1, 0.15) is 11.2 Å². The molecule has 51 heavy (non-hydrogen) atoms. The Kier molecular flexibility index (Phi) is 6.56. The van der Waals surface area contributed by atoms with Gasteiger partial charge in [0, 0.05) is 27.7 Å². The molecule has 0 N–H and O–H groups in total. The van der Waals surface area contributed by atoms with Gasteiger partial charge in [0.05, 0.1) is 11.1 Å². The largest absolute Gasteiger partial charge is 0.455 e. The Morgan fingerprint density at radius 2 is 1.06 bits per heavy atom. The summed E-state index contributed by atoms with van der Waals surface area (Å²) in [4.78, 5) is 2.42. The third kappa shape index (κ3) is 4.64. The van der Waals surface area contributed by atoms with Gasteiger partial charge in [0.15, 0.2) is 0 Å². The molecule has 1 heterocycles. The van der Waals surface area contributed by atoms with Crippen molar-refractivity contribution in [2.75, 3.05) is 4.90 Å². The highest BCUT2D eigenvalue weighted by Gasteiger charge is 2.39. The van der Waals surface area contributed by atoms with E-state index in [2.05, 4.69) is 195 Å². The molecule has 8 aromatic carbocycles. The highest BCUT2D eigenvalue weighted by Crippen LogP contribution is 2.56. The zero-order valence-corrected chi connectivity index (χ0v) is 28.6. The van der Waals surface area contributed by atoms with Crippen molar-refractivity contribution in [3.8, 4) is 33.4 Å². The van der Waals surface area contributed by atoms with Crippen LogP contribution in [0.1, 0.15) is 25.0 Å². The lowest BCUT2D eigenvalue weighted by atomic mass is 9.82. The average molecular weight is 654 g/mol. The number of fused-ring (bicyclic) bond motifs is 8. The van der Waals surface area contributed by atoms with E-state index in [1.54, 1.807) is 0 Å². The Hall–Kier alpha value is -6.38. The molecule has 0 radical (unpaired) electrons. The van der Waals surface area contributed by atoms with E-state index in [0.29, 0.717) is 0 Å². The topological polar surface area (TPSA) is 16.4 Å². The minimum atomic E-state index is -0.198. The number of benzene rings is 8. The van der Waals surface area contributed by atoms with Crippen molar-refractivity contribution in [3.63, 3.8) is 0 Å². The first-order valence-corrected chi connectivity index (χ1v) is 17.7. The molecule has 1 aromatic heterocycles. The predicted molar refractivity (Wildman–Crippen MR) is 214 cm³/mol. The van der Waals surface area contributed by atoms with Gasteiger partial charge >= 0.3 is 0 Å². The molecule has 0 bridgehead atoms. The molecule has 0 spiro atoms. The molecule has 0 saturated heterocycles. The van der Waals surface area contributed by atoms with Crippen molar-refractivity contribution in [1.29, 1.82) is 0 Å². The number of rotatable bonds is 5. The van der Waals surface area contributed by atoms with Gasteiger partial charge in [-0.05, 0) is 92.2 Å². The van der Waals surface area contributed by atoms with E-state index < -0.39 is 0 Å². The van der Waals surface area contributed by atoms with Crippen molar-refractivity contribution in [1.82, 2.24) is 0 Å². The van der Waals surface area contributed by atoms with Crippen LogP contribution >= 0.6 is 0 Å². The summed E-state index contributed by atoms with van der Waals surface area (Å²) in [5.74, 6) is 0. The molecule has 242 valence electrons. The first-order valence-electron chi connectivity index (χ1n) is 17.7. The normalized spacial score (nSPS) is 13.1. The van der Waals surface area contributed by atoms with Crippen LogP contribution in [0.15, 0.2) is 180 Å². The number of anilines is 3. The smallest absolute Gasteiger partial charge is 0.145 e. The van der Waals surface area contributed by atoms with Gasteiger partial charge in [-0.25, -0.2) is 0 Å². The molecule has 10 rings (SSSR count). The summed E-state index contributed by atoms with van der Waals surface area (Å²) >= 11 is 0. The number of furan rings is 1. The van der Waals surface area contributed by atoms with Gasteiger partial charge < -0.3 is 9.32 Å². The van der Waals surface area contributed by atoms with Gasteiger partial charge in [0.25, 0.3) is 0 Å². The second-order valence-corrected chi connectivity index (χ2v) is 14.1. The SMILES string of the molecule is CC1(C)c2ccccc2-c2c1cc(N(c1ccc(-c3ccccc3)cc1)c1ccc(-c3ccc4ccccc4c3)cc1)c1c2oc2ccccc21. The summed E-state index contributed by atoms with van der Waals surface area (Å²) < 4.78 is 6.87. The minimum Gasteiger partial charge on any atom is -0.455 e. The molecule has 1 aliphatic carbocycles. The maximum absolute atomic E-state index is 6.87. The molecule has 2 heteroatoms. The summed E-state index contributed by atoms with van der Waals surface area (Å²) in [5.41, 5.74) is 14.8. The summed E-state index contributed by atoms with van der Waals surface area (Å²) in [6, 6.07) is 63.6. The van der Waals surface area contributed by atoms with Gasteiger partial charge in [-0.15, -0.1) is 0 Å². The Morgan fingerprint density at radius 3 is 1.82 bits per heavy atom. The lowest BCUT2D eigenvalue weighted by molar-refractivity contribution is 0.653. The fraction of sp³-hybridized carbons (Fsp3) is 0.0612. The lowest BCUT2D eigenvalue weighted by Crippen LogP contribution is -2.17. The van der Waals surface area contributed by atoms with Crippen molar-refractivity contribution in [2.45, 2.75) is 19.3 Å². The van der Waals surface area contributed by atoms with E-state index in [-0.39, 0.29) is 5.41 Å². The highest BCUT2D eigenvalue weighted by molar-refractivity contribution is 6.19. The molecule has 1 aliphatic rings. The van der Waals surface area contributed by atoms with Crippen LogP contribution in [-0.2, 0) is 5.41 Å². The molecular weight excluding hydrogens is 619 g/mol. The van der Waals surface area contributed by atoms with Gasteiger partial charge in [-0.2, -0.15) is 0 Å². The molecular formula is C49H35NO. The molecule has 0 atom stereocenters. The zero-order valence-electron chi connectivity index (χ0n) is 28.6. The van der Waals surface area contributed by atoms with E-state index in [4.69, 9.17) is 4.42 Å². The third-order valence-electron chi connectivity index (χ3n) is 10.9. The lowest BCUT2D eigenvalue weighted by Gasteiger charge is -2.29. The van der Waals surface area contributed by atoms with Gasteiger partial charge in [-0.3, -0.25) is 0 Å². The quantitative estimate of drug-likeness (QED) is 0.184. The fourth-order valence-corrected chi connectivity index (χ4v) is 8.24. The first-order chi connectivity index (χ1) is 25.0. The predicted octanol–water partition coefficient (Wildman–Crippen LogP) is 13.8. The minimum absolute atomic E-state index is 0.198. The van der Waals surface area contributed by atoms with Gasteiger partial charge in [0.2, 0.25) is 0 Å². The van der Waals surface area contributed by atoms with E-state index >= 15 is 0 Å². The number of hydrogen-bond acceptors (Lipinski definition) is 2. The first kappa shape index (κ1) is 29.5. The molecule has 0 fully saturated rings. The van der Waals surface area contributed by atoms with Crippen molar-refractivity contribution in [2.24, 2.45) is 0 Å². The van der Waals surface area contributed by atoms with Gasteiger partial charge in [-0.1, -0.05) is 147 Å². The maximum Gasteiger partial charge on any atom is 0.145 e. The maximum atomic E-state index is 6.87. The Balaban J connectivity index is 1.21. The van der Waals surface area contributed by atoms with E-state index in [1.807, 2.05) is 0 Å². The summed E-state index contributed by atoms with van der Waals surface area (Å²) in [7, 11) is 0. The highest BCUT2D eigenvalue weighted by atomic mass is 16.3. The molecule has 9 aromatic rings. The van der Waals surface area contributed by atoms with E-state index in [0.717, 1.165) is 39.0 Å². The molecule has 0 saturated carbocycles. The van der Waals surface area contributed by atoms with E-state index in [1.165, 1.54) is 55.3 Å². The molecule has 2 nitrogen and oxygen atoms in total. The molecule has 0 aliphatic heterocycles. The Bertz CT molecular complexity index is 2750. The van der Waals surface area contributed by atoms with Crippen LogP contribution < -0.4 is 4.90 Å². The van der Waals surface area contributed by atoms with Crippen LogP contribution in [0.4, 0.5) is 17.1 Å². The summed E-state index contributed by atoms with van der Waals surface area (Å²) in [5, 5.41) is 4.74. The monoisotopic (exact) mass is 653 g/mol. The number of para-hydroxylation sites is 1. The van der Waals surface area contributed by atoms with Crippen LogP contribution in [0, 0.1) is 0 Å². The Morgan fingerprint density at radius 1 is 0.471 bits per heavy atom.